The van der Waals surface area contributed by atoms with Crippen LogP contribution in [0.4, 0.5) is 15.8 Å². The minimum absolute atomic E-state index is 0.0372. The van der Waals surface area contributed by atoms with Gasteiger partial charge in [0.2, 0.25) is 0 Å². The highest BCUT2D eigenvalue weighted by Crippen LogP contribution is 2.16. The minimum atomic E-state index is -0.554. The molecule has 1 rings (SSSR count). The molecule has 5 heteroatoms. The van der Waals surface area contributed by atoms with Crippen LogP contribution >= 0.6 is 0 Å². The summed E-state index contributed by atoms with van der Waals surface area (Å²) in [6.07, 6.45) is 0. The van der Waals surface area contributed by atoms with Gasteiger partial charge in [0.1, 0.15) is 11.5 Å². The summed E-state index contributed by atoms with van der Waals surface area (Å²) >= 11 is 0. The van der Waals surface area contributed by atoms with Crippen LogP contribution in [0.25, 0.3) is 0 Å². The first-order valence-electron chi connectivity index (χ1n) is 3.58. The molecule has 0 saturated heterocycles. The molecule has 0 amide bonds. The Morgan fingerprint density at radius 1 is 1.62 bits per heavy atom. The number of carbonyl (C=O) groups excluding carboxylic acids is 1. The first-order chi connectivity index (χ1) is 6.09. The molecule has 0 radical (unpaired) electrons. The number of nitrogens with two attached hydrogens (primary N) is 1. The largest absolute Gasteiger partial charge is 0.399 e. The van der Waals surface area contributed by atoms with Crippen molar-refractivity contribution in [2.24, 2.45) is 0 Å². The second-order valence-corrected chi connectivity index (χ2v) is 2.43. The zero-order valence-corrected chi connectivity index (χ0v) is 7.00. The normalized spacial score (nSPS) is 9.38. The maximum atomic E-state index is 12.9. The van der Waals surface area contributed by atoms with Crippen molar-refractivity contribution in [2.45, 2.75) is 6.92 Å². The SMILES string of the molecule is CC(=O)ONc1cc(N)ccc1F. The topological polar surface area (TPSA) is 64.3 Å². The lowest BCUT2D eigenvalue weighted by Gasteiger charge is -2.06. The van der Waals surface area contributed by atoms with Gasteiger partial charge < -0.3 is 10.6 Å². The van der Waals surface area contributed by atoms with E-state index in [4.69, 9.17) is 5.73 Å². The molecule has 0 unspecified atom stereocenters. The molecule has 0 atom stereocenters. The van der Waals surface area contributed by atoms with Crippen molar-refractivity contribution in [3.63, 3.8) is 0 Å². The van der Waals surface area contributed by atoms with Gasteiger partial charge in [0, 0.05) is 12.6 Å². The fraction of sp³-hybridized carbons (Fsp3) is 0.125. The highest BCUT2D eigenvalue weighted by atomic mass is 19.1. The molecule has 0 saturated carbocycles. The Balaban J connectivity index is 2.75. The van der Waals surface area contributed by atoms with Crippen molar-refractivity contribution in [1.82, 2.24) is 0 Å². The van der Waals surface area contributed by atoms with Crippen LogP contribution in [-0.4, -0.2) is 5.97 Å². The Bertz CT molecular complexity index is 328. The van der Waals surface area contributed by atoms with E-state index in [1.807, 2.05) is 0 Å². The number of hydrogen-bond acceptors (Lipinski definition) is 4. The molecule has 0 aliphatic carbocycles. The Labute approximate surface area is 74.4 Å². The summed E-state index contributed by atoms with van der Waals surface area (Å²) in [5.74, 6) is -1.09. The zero-order valence-electron chi connectivity index (χ0n) is 7.00. The van der Waals surface area contributed by atoms with Crippen LogP contribution in [0.1, 0.15) is 6.92 Å². The number of hydrogen-bond donors (Lipinski definition) is 2. The maximum Gasteiger partial charge on any atom is 0.329 e. The van der Waals surface area contributed by atoms with E-state index in [0.29, 0.717) is 5.69 Å². The van der Waals surface area contributed by atoms with Crippen molar-refractivity contribution in [2.75, 3.05) is 11.2 Å². The fourth-order valence-corrected chi connectivity index (χ4v) is 0.748. The third-order valence-corrected chi connectivity index (χ3v) is 1.30. The molecule has 0 aliphatic rings. The van der Waals surface area contributed by atoms with Crippen molar-refractivity contribution in [3.8, 4) is 0 Å². The Morgan fingerprint density at radius 3 is 2.92 bits per heavy atom. The summed E-state index contributed by atoms with van der Waals surface area (Å²) in [5.41, 5.74) is 7.96. The highest BCUT2D eigenvalue weighted by Gasteiger charge is 2.02. The maximum absolute atomic E-state index is 12.9. The second-order valence-electron chi connectivity index (χ2n) is 2.43. The van der Waals surface area contributed by atoms with E-state index >= 15 is 0 Å². The lowest BCUT2D eigenvalue weighted by molar-refractivity contribution is -0.138. The molecule has 1 aromatic carbocycles. The van der Waals surface area contributed by atoms with E-state index in [0.717, 1.165) is 0 Å². The first kappa shape index (κ1) is 9.31. The Morgan fingerprint density at radius 2 is 2.31 bits per heavy atom. The second kappa shape index (κ2) is 3.75. The van der Waals surface area contributed by atoms with Gasteiger partial charge in [-0.3, -0.25) is 4.79 Å². The highest BCUT2D eigenvalue weighted by molar-refractivity contribution is 5.67. The van der Waals surface area contributed by atoms with E-state index in [1.54, 1.807) is 0 Å². The van der Waals surface area contributed by atoms with Crippen LogP contribution in [-0.2, 0) is 9.63 Å². The van der Waals surface area contributed by atoms with Crippen molar-refractivity contribution >= 4 is 17.3 Å². The molecule has 0 fully saturated rings. The molecule has 1 aromatic rings. The summed E-state index contributed by atoms with van der Waals surface area (Å²) in [5, 5.41) is 0. The molecule has 0 heterocycles. The quantitative estimate of drug-likeness (QED) is 0.537. The molecule has 0 aromatic heterocycles. The van der Waals surface area contributed by atoms with Crippen LogP contribution in [0, 0.1) is 5.82 Å². The molecular formula is C8H9FN2O2. The van der Waals surface area contributed by atoms with E-state index in [1.165, 1.54) is 25.1 Å². The number of nitrogen functional groups attached to an aromatic ring is 1. The Hall–Kier alpha value is -1.78. The van der Waals surface area contributed by atoms with Crippen molar-refractivity contribution < 1.29 is 14.0 Å². The number of anilines is 2. The monoisotopic (exact) mass is 184 g/mol. The summed E-state index contributed by atoms with van der Waals surface area (Å²) < 4.78 is 12.9. The summed E-state index contributed by atoms with van der Waals surface area (Å²) in [6.45, 7) is 1.21. The molecular weight excluding hydrogens is 175 g/mol. The predicted molar refractivity (Wildman–Crippen MR) is 46.2 cm³/mol. The van der Waals surface area contributed by atoms with Gasteiger partial charge in [-0.2, -0.15) is 0 Å². The van der Waals surface area contributed by atoms with Gasteiger partial charge in [-0.1, -0.05) is 0 Å². The lowest BCUT2D eigenvalue weighted by Crippen LogP contribution is -2.07. The fourth-order valence-electron chi connectivity index (χ4n) is 0.748. The van der Waals surface area contributed by atoms with E-state index in [2.05, 4.69) is 10.3 Å². The third-order valence-electron chi connectivity index (χ3n) is 1.30. The van der Waals surface area contributed by atoms with Gasteiger partial charge >= 0.3 is 5.97 Å². The predicted octanol–water partition coefficient (Wildman–Crippen LogP) is 1.30. The number of nitrogens with one attached hydrogen (secondary N) is 1. The average Bonchev–Trinajstić information content (AvgIpc) is 2.06. The summed E-state index contributed by atoms with van der Waals surface area (Å²) in [6, 6.07) is 3.92. The molecule has 13 heavy (non-hydrogen) atoms. The van der Waals surface area contributed by atoms with Crippen molar-refractivity contribution in [3.05, 3.63) is 24.0 Å². The lowest BCUT2D eigenvalue weighted by atomic mass is 10.3. The molecule has 4 nitrogen and oxygen atoms in total. The number of halogens is 1. The van der Waals surface area contributed by atoms with Crippen LogP contribution in [0.5, 0.6) is 0 Å². The average molecular weight is 184 g/mol. The van der Waals surface area contributed by atoms with Crippen LogP contribution in [0.3, 0.4) is 0 Å². The number of rotatable bonds is 2. The smallest absolute Gasteiger partial charge is 0.329 e. The van der Waals surface area contributed by atoms with Gasteiger partial charge in [-0.25, -0.2) is 9.87 Å². The molecule has 0 aliphatic heterocycles. The van der Waals surface area contributed by atoms with Crippen LogP contribution < -0.4 is 11.2 Å². The summed E-state index contributed by atoms with van der Waals surface area (Å²) in [4.78, 5) is 14.8. The minimum Gasteiger partial charge on any atom is -0.399 e. The van der Waals surface area contributed by atoms with Gasteiger partial charge in [0.25, 0.3) is 0 Å². The van der Waals surface area contributed by atoms with Gasteiger partial charge in [-0.15, -0.1) is 0 Å². The number of benzene rings is 1. The summed E-state index contributed by atoms with van der Waals surface area (Å²) in [7, 11) is 0. The zero-order chi connectivity index (χ0) is 9.84. The Kier molecular flexibility index (Phi) is 2.69. The van der Waals surface area contributed by atoms with Gasteiger partial charge in [0.05, 0.1) is 0 Å². The van der Waals surface area contributed by atoms with E-state index in [9.17, 15) is 9.18 Å². The standard InChI is InChI=1S/C8H9FN2O2/c1-5(12)13-11-8-4-6(10)2-3-7(8)9/h2-4,11H,10H2,1H3. The van der Waals surface area contributed by atoms with Gasteiger partial charge in [-0.05, 0) is 18.2 Å². The van der Waals surface area contributed by atoms with Gasteiger partial charge in [0.15, 0.2) is 0 Å². The van der Waals surface area contributed by atoms with E-state index < -0.39 is 11.8 Å². The third kappa shape index (κ3) is 2.62. The molecule has 0 bridgehead atoms. The molecule has 0 spiro atoms. The first-order valence-corrected chi connectivity index (χ1v) is 3.58. The van der Waals surface area contributed by atoms with Crippen LogP contribution in [0.15, 0.2) is 18.2 Å². The number of carbonyl (C=O) groups is 1. The molecule has 3 N–H and O–H groups in total. The van der Waals surface area contributed by atoms with Crippen molar-refractivity contribution in [1.29, 1.82) is 0 Å². The molecule has 70 valence electrons. The van der Waals surface area contributed by atoms with Crippen LogP contribution in [0.2, 0.25) is 0 Å². The van der Waals surface area contributed by atoms with E-state index in [-0.39, 0.29) is 5.69 Å².